The number of nitrogens with zero attached hydrogens (tertiary/aromatic N) is 3. The minimum absolute atomic E-state index is 0.0744. The Labute approximate surface area is 154 Å². The normalized spacial score (nSPS) is 12.0. The Morgan fingerprint density at radius 2 is 1.96 bits per heavy atom. The van der Waals surface area contributed by atoms with Gasteiger partial charge < -0.3 is 9.88 Å². The number of aromatic nitrogens is 3. The van der Waals surface area contributed by atoms with Gasteiger partial charge >= 0.3 is 0 Å². The summed E-state index contributed by atoms with van der Waals surface area (Å²) in [5, 5.41) is 2.97. The molecule has 2 aromatic heterocycles. The second kappa shape index (κ2) is 7.95. The average Bonchev–Trinajstić information content (AvgIpc) is 3.21. The van der Waals surface area contributed by atoms with Gasteiger partial charge in [-0.25, -0.2) is 4.98 Å². The largest absolute Gasteiger partial charge is 0.350 e. The van der Waals surface area contributed by atoms with Gasteiger partial charge in [-0.3, -0.25) is 9.78 Å². The summed E-state index contributed by atoms with van der Waals surface area (Å²) in [6.07, 6.45) is 6.30. The third-order valence-electron chi connectivity index (χ3n) is 4.57. The zero-order chi connectivity index (χ0) is 18.5. The lowest BCUT2D eigenvalue weighted by atomic mass is 10.1. The van der Waals surface area contributed by atoms with Crippen LogP contribution in [0, 0.1) is 6.92 Å². The van der Waals surface area contributed by atoms with Crippen LogP contribution in [0.3, 0.4) is 0 Å². The van der Waals surface area contributed by atoms with Crippen LogP contribution in [0.1, 0.15) is 41.5 Å². The fraction of sp³-hybridized carbons (Fsp3) is 0.286. The van der Waals surface area contributed by atoms with Crippen LogP contribution in [-0.2, 0) is 6.42 Å². The van der Waals surface area contributed by atoms with Gasteiger partial charge in [-0.15, -0.1) is 0 Å². The Bertz CT molecular complexity index is 870. The first-order valence-electron chi connectivity index (χ1n) is 8.91. The van der Waals surface area contributed by atoms with Gasteiger partial charge in [0.15, 0.2) is 0 Å². The van der Waals surface area contributed by atoms with Gasteiger partial charge in [0.25, 0.3) is 5.91 Å². The number of carbonyl (C=O) groups excluding carboxylic acids is 1. The molecule has 3 aromatic rings. The lowest BCUT2D eigenvalue weighted by Gasteiger charge is -2.14. The number of hydrogen-bond donors (Lipinski definition) is 1. The van der Waals surface area contributed by atoms with Crippen molar-refractivity contribution in [3.8, 4) is 11.3 Å². The maximum Gasteiger partial charge on any atom is 0.251 e. The monoisotopic (exact) mass is 348 g/mol. The molecule has 0 fully saturated rings. The van der Waals surface area contributed by atoms with Crippen LogP contribution < -0.4 is 5.32 Å². The predicted octanol–water partition coefficient (Wildman–Crippen LogP) is 3.81. The minimum Gasteiger partial charge on any atom is -0.350 e. The lowest BCUT2D eigenvalue weighted by molar-refractivity contribution is 0.0948. The van der Waals surface area contributed by atoms with Gasteiger partial charge in [-0.1, -0.05) is 25.1 Å². The van der Waals surface area contributed by atoms with Crippen molar-refractivity contribution in [2.45, 2.75) is 33.2 Å². The van der Waals surface area contributed by atoms with E-state index >= 15 is 0 Å². The van der Waals surface area contributed by atoms with Gasteiger partial charge in [0, 0.05) is 41.8 Å². The molecule has 0 spiro atoms. The number of carbonyl (C=O) groups is 1. The topological polar surface area (TPSA) is 59.8 Å². The molecule has 1 aromatic carbocycles. The van der Waals surface area contributed by atoms with E-state index in [0.717, 1.165) is 23.4 Å². The van der Waals surface area contributed by atoms with Crippen LogP contribution in [0.25, 0.3) is 11.3 Å². The van der Waals surface area contributed by atoms with E-state index in [2.05, 4.69) is 30.2 Å². The summed E-state index contributed by atoms with van der Waals surface area (Å²) >= 11 is 0. The first-order valence-corrected chi connectivity index (χ1v) is 8.91. The first kappa shape index (κ1) is 17.9. The first-order chi connectivity index (χ1) is 12.6. The van der Waals surface area contributed by atoms with Crippen molar-refractivity contribution in [3.05, 3.63) is 71.9 Å². The fourth-order valence-corrected chi connectivity index (χ4v) is 2.86. The molecule has 1 N–H and O–H groups in total. The standard InChI is InChI=1S/C21H24N4O/c1-4-19-15(2)5-10-20(24-19)17-6-8-18(9-7-17)21(26)23-13-16(3)25-12-11-22-14-25/h5-12,14,16H,4,13H2,1-3H3,(H,23,26). The van der Waals surface area contributed by atoms with Crippen LogP contribution in [-0.4, -0.2) is 27.0 Å². The molecular weight excluding hydrogens is 324 g/mol. The van der Waals surface area contributed by atoms with Crippen LogP contribution in [0.5, 0.6) is 0 Å². The summed E-state index contributed by atoms with van der Waals surface area (Å²) in [4.78, 5) is 21.1. The van der Waals surface area contributed by atoms with Crippen LogP contribution in [0.2, 0.25) is 0 Å². The van der Waals surface area contributed by atoms with Gasteiger partial charge in [-0.05, 0) is 44.0 Å². The van der Waals surface area contributed by atoms with Crippen molar-refractivity contribution in [2.24, 2.45) is 0 Å². The van der Waals surface area contributed by atoms with Crippen LogP contribution in [0.15, 0.2) is 55.1 Å². The van der Waals surface area contributed by atoms with E-state index < -0.39 is 0 Å². The molecule has 1 amide bonds. The quantitative estimate of drug-likeness (QED) is 0.737. The molecule has 0 aliphatic heterocycles. The molecule has 5 heteroatoms. The number of amides is 1. The van der Waals surface area contributed by atoms with E-state index in [0.29, 0.717) is 12.1 Å². The molecule has 1 unspecified atom stereocenters. The Morgan fingerprint density at radius 3 is 2.62 bits per heavy atom. The molecule has 26 heavy (non-hydrogen) atoms. The summed E-state index contributed by atoms with van der Waals surface area (Å²) in [5.41, 5.74) is 4.92. The van der Waals surface area contributed by atoms with Crippen molar-refractivity contribution in [1.82, 2.24) is 19.9 Å². The number of benzene rings is 1. The molecule has 0 aliphatic rings. The minimum atomic E-state index is -0.0744. The van der Waals surface area contributed by atoms with E-state index in [1.165, 1.54) is 5.56 Å². The van der Waals surface area contributed by atoms with Gasteiger partial charge in [-0.2, -0.15) is 0 Å². The van der Waals surface area contributed by atoms with E-state index in [1.807, 2.05) is 48.0 Å². The smallest absolute Gasteiger partial charge is 0.251 e. The summed E-state index contributed by atoms with van der Waals surface area (Å²) < 4.78 is 1.97. The molecule has 5 nitrogen and oxygen atoms in total. The van der Waals surface area contributed by atoms with Gasteiger partial charge in [0.05, 0.1) is 12.0 Å². The molecule has 0 saturated carbocycles. The number of pyridine rings is 1. The third-order valence-corrected chi connectivity index (χ3v) is 4.57. The Kier molecular flexibility index (Phi) is 5.46. The third kappa shape index (κ3) is 3.99. The predicted molar refractivity (Wildman–Crippen MR) is 103 cm³/mol. The highest BCUT2D eigenvalue weighted by Gasteiger charge is 2.10. The SMILES string of the molecule is CCc1nc(-c2ccc(C(=O)NCC(C)n3ccnc3)cc2)ccc1C. The zero-order valence-electron chi connectivity index (χ0n) is 15.4. The van der Waals surface area contributed by atoms with Crippen LogP contribution >= 0.6 is 0 Å². The molecular formula is C21H24N4O. The number of nitrogens with one attached hydrogen (secondary N) is 1. The Hall–Kier alpha value is -2.95. The summed E-state index contributed by atoms with van der Waals surface area (Å²) in [6.45, 7) is 6.78. The highest BCUT2D eigenvalue weighted by molar-refractivity contribution is 5.94. The molecule has 3 rings (SSSR count). The van der Waals surface area contributed by atoms with Crippen molar-refractivity contribution in [3.63, 3.8) is 0 Å². The molecule has 0 bridgehead atoms. The van der Waals surface area contributed by atoms with E-state index in [-0.39, 0.29) is 11.9 Å². The van der Waals surface area contributed by atoms with Gasteiger partial charge in [0.2, 0.25) is 0 Å². The number of aryl methyl sites for hydroxylation is 2. The highest BCUT2D eigenvalue weighted by Crippen LogP contribution is 2.20. The second-order valence-electron chi connectivity index (χ2n) is 6.46. The highest BCUT2D eigenvalue weighted by atomic mass is 16.1. The lowest BCUT2D eigenvalue weighted by Crippen LogP contribution is -2.29. The molecule has 0 saturated heterocycles. The summed E-state index contributed by atoms with van der Waals surface area (Å²) in [5.74, 6) is -0.0744. The van der Waals surface area contributed by atoms with E-state index in [4.69, 9.17) is 4.98 Å². The zero-order valence-corrected chi connectivity index (χ0v) is 15.4. The van der Waals surface area contributed by atoms with Gasteiger partial charge in [0.1, 0.15) is 0 Å². The molecule has 0 radical (unpaired) electrons. The summed E-state index contributed by atoms with van der Waals surface area (Å²) in [7, 11) is 0. The number of rotatable bonds is 6. The average molecular weight is 348 g/mol. The Balaban J connectivity index is 1.66. The maximum absolute atomic E-state index is 12.4. The number of hydrogen-bond acceptors (Lipinski definition) is 3. The molecule has 2 heterocycles. The van der Waals surface area contributed by atoms with Crippen molar-refractivity contribution >= 4 is 5.91 Å². The van der Waals surface area contributed by atoms with E-state index in [9.17, 15) is 4.79 Å². The molecule has 1 atom stereocenters. The molecule has 0 aliphatic carbocycles. The number of imidazole rings is 1. The summed E-state index contributed by atoms with van der Waals surface area (Å²) in [6, 6.07) is 11.9. The molecule has 134 valence electrons. The fourth-order valence-electron chi connectivity index (χ4n) is 2.86. The Morgan fingerprint density at radius 1 is 1.19 bits per heavy atom. The maximum atomic E-state index is 12.4. The van der Waals surface area contributed by atoms with Crippen molar-refractivity contribution < 1.29 is 4.79 Å². The van der Waals surface area contributed by atoms with E-state index in [1.54, 1.807) is 12.5 Å². The second-order valence-corrected chi connectivity index (χ2v) is 6.46. The van der Waals surface area contributed by atoms with Crippen LogP contribution in [0.4, 0.5) is 0 Å². The van der Waals surface area contributed by atoms with Crippen molar-refractivity contribution in [2.75, 3.05) is 6.54 Å². The van der Waals surface area contributed by atoms with Crippen molar-refractivity contribution in [1.29, 1.82) is 0 Å².